The van der Waals surface area contributed by atoms with Crippen molar-refractivity contribution in [2.75, 3.05) is 0 Å². The summed E-state index contributed by atoms with van der Waals surface area (Å²) in [6.45, 7) is 1.82. The quantitative estimate of drug-likeness (QED) is 0.743. The molecule has 0 radical (unpaired) electrons. The predicted octanol–water partition coefficient (Wildman–Crippen LogP) is 3.29. The van der Waals surface area contributed by atoms with Crippen molar-refractivity contribution < 1.29 is 13.2 Å². The van der Waals surface area contributed by atoms with Crippen LogP contribution < -0.4 is 0 Å². The zero-order valence-corrected chi connectivity index (χ0v) is 10.8. The van der Waals surface area contributed by atoms with E-state index in [0.717, 1.165) is 23.4 Å². The van der Waals surface area contributed by atoms with Crippen LogP contribution in [0.4, 0.5) is 13.2 Å². The van der Waals surface area contributed by atoms with E-state index in [2.05, 4.69) is 15.1 Å². The highest BCUT2D eigenvalue weighted by Crippen LogP contribution is 2.31. The van der Waals surface area contributed by atoms with Gasteiger partial charge >= 0.3 is 6.18 Å². The molecular weight excluding hydrogens is 269 g/mol. The number of nitrogens with one attached hydrogen (secondary N) is 1. The first-order valence-corrected chi connectivity index (χ1v) is 5.92. The average Bonchev–Trinajstić information content (AvgIpc) is 2.89. The number of hydrogen-bond acceptors (Lipinski definition) is 2. The van der Waals surface area contributed by atoms with Gasteiger partial charge in [-0.15, -0.1) is 0 Å². The van der Waals surface area contributed by atoms with Gasteiger partial charge in [0.25, 0.3) is 0 Å². The fraction of sp³-hybridized carbons (Fsp3) is 0.231. The van der Waals surface area contributed by atoms with Crippen LogP contribution in [-0.4, -0.2) is 19.7 Å². The summed E-state index contributed by atoms with van der Waals surface area (Å²) >= 11 is 0. The number of aromatic nitrogens is 4. The van der Waals surface area contributed by atoms with Crippen molar-refractivity contribution in [1.29, 1.82) is 0 Å². The van der Waals surface area contributed by atoms with Crippen LogP contribution in [0.3, 0.4) is 0 Å². The van der Waals surface area contributed by atoms with E-state index in [-0.39, 0.29) is 0 Å². The van der Waals surface area contributed by atoms with E-state index < -0.39 is 11.7 Å². The maximum Gasteiger partial charge on any atom is 0.416 e. The number of aromatic amines is 1. The molecule has 3 rings (SSSR count). The molecule has 3 aromatic rings. The Morgan fingerprint density at radius 2 is 2.00 bits per heavy atom. The van der Waals surface area contributed by atoms with E-state index in [0.29, 0.717) is 16.9 Å². The average molecular weight is 280 g/mol. The van der Waals surface area contributed by atoms with Crippen LogP contribution in [0.15, 0.2) is 24.4 Å². The second kappa shape index (κ2) is 4.09. The second-order valence-electron chi connectivity index (χ2n) is 4.62. The Kier molecular flexibility index (Phi) is 2.60. The second-order valence-corrected chi connectivity index (χ2v) is 4.62. The minimum Gasteiger partial charge on any atom is -0.338 e. The molecule has 0 saturated heterocycles. The van der Waals surface area contributed by atoms with Crippen LogP contribution in [0.25, 0.3) is 22.4 Å². The number of benzene rings is 1. The summed E-state index contributed by atoms with van der Waals surface area (Å²) in [5, 5.41) is 4.19. The Bertz CT molecular complexity index is 783. The van der Waals surface area contributed by atoms with E-state index in [1.54, 1.807) is 17.9 Å². The van der Waals surface area contributed by atoms with Gasteiger partial charge in [-0.2, -0.15) is 18.3 Å². The van der Waals surface area contributed by atoms with Crippen LogP contribution in [-0.2, 0) is 13.2 Å². The molecule has 0 saturated carbocycles. The molecule has 104 valence electrons. The minimum atomic E-state index is -4.36. The van der Waals surface area contributed by atoms with Crippen LogP contribution in [0.5, 0.6) is 0 Å². The summed E-state index contributed by atoms with van der Waals surface area (Å²) in [5.41, 5.74) is 1.71. The highest BCUT2D eigenvalue weighted by atomic mass is 19.4. The van der Waals surface area contributed by atoms with E-state index >= 15 is 0 Å². The summed E-state index contributed by atoms with van der Waals surface area (Å²) in [4.78, 5) is 7.22. The molecule has 0 bridgehead atoms. The fourth-order valence-electron chi connectivity index (χ4n) is 2.15. The van der Waals surface area contributed by atoms with Crippen LogP contribution in [0.2, 0.25) is 0 Å². The Morgan fingerprint density at radius 1 is 1.25 bits per heavy atom. The standard InChI is InChI=1S/C13H11F3N4/c1-7-9(6-20(2)19-7)12-17-10-4-3-8(13(14,15)16)5-11(10)18-12/h3-6H,1-2H3,(H,17,18). The molecule has 0 unspecified atom stereocenters. The molecule has 0 atom stereocenters. The highest BCUT2D eigenvalue weighted by Gasteiger charge is 2.30. The lowest BCUT2D eigenvalue weighted by Gasteiger charge is -2.05. The molecule has 0 aliphatic rings. The molecule has 1 aromatic carbocycles. The highest BCUT2D eigenvalue weighted by molar-refractivity contribution is 5.80. The van der Waals surface area contributed by atoms with Crippen molar-refractivity contribution in [3.05, 3.63) is 35.7 Å². The molecule has 0 aliphatic carbocycles. The van der Waals surface area contributed by atoms with Crippen molar-refractivity contribution in [2.45, 2.75) is 13.1 Å². The first-order valence-electron chi connectivity index (χ1n) is 5.92. The molecule has 20 heavy (non-hydrogen) atoms. The number of alkyl halides is 3. The lowest BCUT2D eigenvalue weighted by atomic mass is 10.2. The van der Waals surface area contributed by atoms with Crippen molar-refractivity contribution in [1.82, 2.24) is 19.7 Å². The largest absolute Gasteiger partial charge is 0.416 e. The molecule has 0 fully saturated rings. The third kappa shape index (κ3) is 2.04. The summed E-state index contributed by atoms with van der Waals surface area (Å²) in [6.07, 6.45) is -2.58. The van der Waals surface area contributed by atoms with Crippen LogP contribution >= 0.6 is 0 Å². The van der Waals surface area contributed by atoms with Gasteiger partial charge < -0.3 is 4.98 Å². The molecule has 4 nitrogen and oxygen atoms in total. The number of imidazole rings is 1. The van der Waals surface area contributed by atoms with Gasteiger partial charge in [0.05, 0.1) is 27.9 Å². The van der Waals surface area contributed by atoms with Gasteiger partial charge in [-0.3, -0.25) is 4.68 Å². The topological polar surface area (TPSA) is 46.5 Å². The summed E-state index contributed by atoms with van der Waals surface area (Å²) in [6, 6.07) is 3.46. The predicted molar refractivity (Wildman–Crippen MR) is 68.0 cm³/mol. The van der Waals surface area contributed by atoms with Gasteiger partial charge in [0.1, 0.15) is 5.82 Å². The first-order chi connectivity index (χ1) is 9.34. The lowest BCUT2D eigenvalue weighted by molar-refractivity contribution is -0.137. The van der Waals surface area contributed by atoms with Gasteiger partial charge in [-0.1, -0.05) is 0 Å². The minimum absolute atomic E-state index is 0.359. The molecule has 0 aliphatic heterocycles. The number of nitrogens with zero attached hydrogens (tertiary/aromatic N) is 3. The molecule has 0 spiro atoms. The van der Waals surface area contributed by atoms with E-state index in [1.165, 1.54) is 6.07 Å². The lowest BCUT2D eigenvalue weighted by Crippen LogP contribution is -2.04. The van der Waals surface area contributed by atoms with Crippen molar-refractivity contribution >= 4 is 11.0 Å². The van der Waals surface area contributed by atoms with E-state index in [1.807, 2.05) is 6.92 Å². The third-order valence-electron chi connectivity index (χ3n) is 3.08. The number of hydrogen-bond donors (Lipinski definition) is 1. The molecular formula is C13H11F3N4. The summed E-state index contributed by atoms with van der Waals surface area (Å²) < 4.78 is 39.6. The zero-order valence-electron chi connectivity index (χ0n) is 10.8. The smallest absolute Gasteiger partial charge is 0.338 e. The number of fused-ring (bicyclic) bond motifs is 1. The number of aryl methyl sites for hydroxylation is 2. The molecule has 0 amide bonds. The van der Waals surface area contributed by atoms with Gasteiger partial charge in [0.15, 0.2) is 0 Å². The summed E-state index contributed by atoms with van der Waals surface area (Å²) in [5.74, 6) is 0.518. The Hall–Kier alpha value is -2.31. The molecule has 2 heterocycles. The van der Waals surface area contributed by atoms with Gasteiger partial charge in [-0.25, -0.2) is 4.98 Å². The van der Waals surface area contributed by atoms with Crippen LogP contribution in [0, 0.1) is 6.92 Å². The van der Waals surface area contributed by atoms with Crippen molar-refractivity contribution in [3.8, 4) is 11.4 Å². The van der Waals surface area contributed by atoms with Crippen molar-refractivity contribution in [2.24, 2.45) is 7.05 Å². The molecule has 7 heteroatoms. The number of H-pyrrole nitrogens is 1. The monoisotopic (exact) mass is 280 g/mol. The fourth-order valence-corrected chi connectivity index (χ4v) is 2.15. The first kappa shape index (κ1) is 12.7. The zero-order chi connectivity index (χ0) is 14.5. The number of halogens is 3. The third-order valence-corrected chi connectivity index (χ3v) is 3.08. The van der Waals surface area contributed by atoms with Crippen LogP contribution in [0.1, 0.15) is 11.3 Å². The Balaban J connectivity index is 2.14. The number of rotatable bonds is 1. The Morgan fingerprint density at radius 3 is 2.60 bits per heavy atom. The van der Waals surface area contributed by atoms with Crippen molar-refractivity contribution in [3.63, 3.8) is 0 Å². The Labute approximate surface area is 112 Å². The SMILES string of the molecule is Cc1nn(C)cc1-c1nc2ccc(C(F)(F)F)cc2[nH]1. The molecule has 1 N–H and O–H groups in total. The van der Waals surface area contributed by atoms with E-state index in [4.69, 9.17) is 0 Å². The maximum absolute atomic E-state index is 12.7. The summed E-state index contributed by atoms with van der Waals surface area (Å²) in [7, 11) is 1.78. The van der Waals surface area contributed by atoms with Gasteiger partial charge in [0, 0.05) is 13.2 Å². The normalized spacial score (nSPS) is 12.2. The van der Waals surface area contributed by atoms with E-state index in [9.17, 15) is 13.2 Å². The molecule has 2 aromatic heterocycles. The van der Waals surface area contributed by atoms with Gasteiger partial charge in [0.2, 0.25) is 0 Å². The maximum atomic E-state index is 12.7. The van der Waals surface area contributed by atoms with Gasteiger partial charge in [-0.05, 0) is 25.1 Å².